The molecule has 0 unspecified atom stereocenters. The number of hydrogen-bond acceptors (Lipinski definition) is 6. The number of hydrogen-bond donors (Lipinski definition) is 1. The van der Waals surface area contributed by atoms with Gasteiger partial charge in [-0.25, -0.2) is 0 Å². The van der Waals surface area contributed by atoms with Crippen LogP contribution in [0.25, 0.3) is 0 Å². The summed E-state index contributed by atoms with van der Waals surface area (Å²) >= 11 is 0. The summed E-state index contributed by atoms with van der Waals surface area (Å²) in [4.78, 5) is 7.88. The van der Waals surface area contributed by atoms with Crippen molar-refractivity contribution in [1.82, 2.24) is 9.97 Å². The quantitative estimate of drug-likeness (QED) is 0.886. The summed E-state index contributed by atoms with van der Waals surface area (Å²) in [6.07, 6.45) is 1.34. The molecule has 1 aromatic heterocycles. The van der Waals surface area contributed by atoms with E-state index in [1.807, 2.05) is 24.3 Å². The van der Waals surface area contributed by atoms with E-state index < -0.39 is 0 Å². The van der Waals surface area contributed by atoms with Crippen molar-refractivity contribution >= 4 is 5.69 Å². The minimum absolute atomic E-state index is 0.265. The standard InChI is InChI=1S/C13H15N3O3/c1-17-7-9-4-3-5-10(6-9)19-13-11(14)12(18-2)15-8-16-13/h3-6,8H,7,14H2,1-2H3. The van der Waals surface area contributed by atoms with Crippen molar-refractivity contribution in [2.24, 2.45) is 0 Å². The van der Waals surface area contributed by atoms with E-state index in [0.29, 0.717) is 12.4 Å². The SMILES string of the molecule is COCc1cccc(Oc2ncnc(OC)c2N)c1. The first-order chi connectivity index (χ1) is 9.24. The van der Waals surface area contributed by atoms with Crippen LogP contribution in [0, 0.1) is 0 Å². The molecule has 0 fully saturated rings. The molecular weight excluding hydrogens is 246 g/mol. The topological polar surface area (TPSA) is 79.5 Å². The minimum atomic E-state index is 0.265. The lowest BCUT2D eigenvalue weighted by Crippen LogP contribution is -2.00. The number of ether oxygens (including phenoxy) is 3. The van der Waals surface area contributed by atoms with Gasteiger partial charge in [0.2, 0.25) is 11.8 Å². The Morgan fingerprint density at radius 3 is 2.68 bits per heavy atom. The predicted molar refractivity (Wildman–Crippen MR) is 70.2 cm³/mol. The van der Waals surface area contributed by atoms with E-state index in [4.69, 9.17) is 19.9 Å². The number of aromatic nitrogens is 2. The molecule has 0 radical (unpaired) electrons. The van der Waals surface area contributed by atoms with Gasteiger partial charge < -0.3 is 19.9 Å². The normalized spacial score (nSPS) is 10.2. The van der Waals surface area contributed by atoms with Crippen molar-refractivity contribution in [2.75, 3.05) is 20.0 Å². The summed E-state index contributed by atoms with van der Waals surface area (Å²) in [5.74, 6) is 1.18. The molecule has 0 bridgehead atoms. The van der Waals surface area contributed by atoms with E-state index in [1.54, 1.807) is 7.11 Å². The molecule has 19 heavy (non-hydrogen) atoms. The second kappa shape index (κ2) is 6.01. The maximum Gasteiger partial charge on any atom is 0.249 e. The number of methoxy groups -OCH3 is 2. The monoisotopic (exact) mass is 261 g/mol. The molecular formula is C13H15N3O3. The Balaban J connectivity index is 2.23. The van der Waals surface area contributed by atoms with Crippen molar-refractivity contribution in [1.29, 1.82) is 0 Å². The zero-order chi connectivity index (χ0) is 13.7. The molecule has 0 aliphatic heterocycles. The third-order valence-electron chi connectivity index (χ3n) is 2.43. The summed E-state index contributed by atoms with van der Waals surface area (Å²) < 4.78 is 15.7. The Labute approximate surface area is 111 Å². The Hall–Kier alpha value is -2.34. The van der Waals surface area contributed by atoms with Crippen molar-refractivity contribution in [3.8, 4) is 17.5 Å². The number of rotatable bonds is 5. The zero-order valence-corrected chi connectivity index (χ0v) is 10.8. The molecule has 0 amide bonds. The van der Waals surface area contributed by atoms with Crippen LogP contribution in [0.5, 0.6) is 17.5 Å². The molecule has 2 rings (SSSR count). The van der Waals surface area contributed by atoms with E-state index in [-0.39, 0.29) is 17.4 Å². The first-order valence-corrected chi connectivity index (χ1v) is 5.64. The first kappa shape index (κ1) is 13.1. The fourth-order valence-electron chi connectivity index (χ4n) is 1.59. The van der Waals surface area contributed by atoms with Crippen LogP contribution in [-0.4, -0.2) is 24.2 Å². The van der Waals surface area contributed by atoms with E-state index >= 15 is 0 Å². The van der Waals surface area contributed by atoms with Crippen molar-refractivity contribution < 1.29 is 14.2 Å². The molecule has 0 aliphatic carbocycles. The lowest BCUT2D eigenvalue weighted by molar-refractivity contribution is 0.184. The zero-order valence-electron chi connectivity index (χ0n) is 10.8. The third-order valence-corrected chi connectivity index (χ3v) is 2.43. The van der Waals surface area contributed by atoms with Gasteiger partial charge >= 0.3 is 0 Å². The highest BCUT2D eigenvalue weighted by Gasteiger charge is 2.10. The maximum atomic E-state index is 5.84. The third kappa shape index (κ3) is 3.11. The van der Waals surface area contributed by atoms with Crippen LogP contribution in [0.1, 0.15) is 5.56 Å². The van der Waals surface area contributed by atoms with E-state index in [9.17, 15) is 0 Å². The highest BCUT2D eigenvalue weighted by molar-refractivity contribution is 5.56. The lowest BCUT2D eigenvalue weighted by atomic mass is 10.2. The summed E-state index contributed by atoms with van der Waals surface area (Å²) in [5, 5.41) is 0. The van der Waals surface area contributed by atoms with Crippen LogP contribution < -0.4 is 15.2 Å². The summed E-state index contributed by atoms with van der Waals surface area (Å²) in [6, 6.07) is 7.49. The van der Waals surface area contributed by atoms with Crippen LogP contribution >= 0.6 is 0 Å². The van der Waals surface area contributed by atoms with Crippen LogP contribution in [0.2, 0.25) is 0 Å². The Morgan fingerprint density at radius 2 is 1.95 bits per heavy atom. The Bertz CT molecular complexity index is 561. The van der Waals surface area contributed by atoms with Crippen LogP contribution in [-0.2, 0) is 11.3 Å². The van der Waals surface area contributed by atoms with Crippen LogP contribution in [0.3, 0.4) is 0 Å². The molecule has 1 heterocycles. The highest BCUT2D eigenvalue weighted by atomic mass is 16.5. The van der Waals surface area contributed by atoms with Crippen LogP contribution in [0.15, 0.2) is 30.6 Å². The molecule has 0 aliphatic rings. The average molecular weight is 261 g/mol. The molecule has 100 valence electrons. The molecule has 1 aromatic carbocycles. The lowest BCUT2D eigenvalue weighted by Gasteiger charge is -2.10. The van der Waals surface area contributed by atoms with E-state index in [0.717, 1.165) is 5.56 Å². The van der Waals surface area contributed by atoms with Crippen molar-refractivity contribution in [3.05, 3.63) is 36.2 Å². The molecule has 0 spiro atoms. The molecule has 2 N–H and O–H groups in total. The summed E-state index contributed by atoms with van der Waals surface area (Å²) in [7, 11) is 3.13. The van der Waals surface area contributed by atoms with E-state index in [1.165, 1.54) is 13.4 Å². The Kier molecular flexibility index (Phi) is 4.15. The van der Waals surface area contributed by atoms with Gasteiger partial charge in [-0.05, 0) is 17.7 Å². The van der Waals surface area contributed by atoms with Gasteiger partial charge in [-0.15, -0.1) is 0 Å². The summed E-state index contributed by atoms with van der Waals surface area (Å²) in [5.41, 5.74) is 7.10. The number of anilines is 1. The van der Waals surface area contributed by atoms with Crippen molar-refractivity contribution in [2.45, 2.75) is 6.61 Å². The highest BCUT2D eigenvalue weighted by Crippen LogP contribution is 2.30. The summed E-state index contributed by atoms with van der Waals surface area (Å²) in [6.45, 7) is 0.514. The fourth-order valence-corrected chi connectivity index (χ4v) is 1.59. The van der Waals surface area contributed by atoms with Gasteiger partial charge in [0.15, 0.2) is 5.69 Å². The second-order valence-corrected chi connectivity index (χ2v) is 3.78. The number of nitrogens with zero attached hydrogens (tertiary/aromatic N) is 2. The molecule has 2 aromatic rings. The van der Waals surface area contributed by atoms with Gasteiger partial charge in [0.25, 0.3) is 0 Å². The van der Waals surface area contributed by atoms with Crippen molar-refractivity contribution in [3.63, 3.8) is 0 Å². The van der Waals surface area contributed by atoms with Gasteiger partial charge in [-0.2, -0.15) is 9.97 Å². The number of nitrogens with two attached hydrogens (primary N) is 1. The number of nitrogen functional groups attached to an aromatic ring is 1. The molecule has 0 saturated heterocycles. The van der Waals surface area contributed by atoms with Gasteiger partial charge in [-0.1, -0.05) is 12.1 Å². The molecule has 0 atom stereocenters. The maximum absolute atomic E-state index is 5.84. The van der Waals surface area contributed by atoms with Gasteiger partial charge in [0.1, 0.15) is 12.1 Å². The molecule has 0 saturated carbocycles. The second-order valence-electron chi connectivity index (χ2n) is 3.78. The smallest absolute Gasteiger partial charge is 0.249 e. The van der Waals surface area contributed by atoms with Crippen LogP contribution in [0.4, 0.5) is 5.69 Å². The average Bonchev–Trinajstić information content (AvgIpc) is 2.42. The predicted octanol–water partition coefficient (Wildman–Crippen LogP) is 2.01. The van der Waals surface area contributed by atoms with Gasteiger partial charge in [-0.3, -0.25) is 0 Å². The first-order valence-electron chi connectivity index (χ1n) is 5.64. The van der Waals surface area contributed by atoms with E-state index in [2.05, 4.69) is 9.97 Å². The molecule has 6 nitrogen and oxygen atoms in total. The largest absolute Gasteiger partial charge is 0.479 e. The Morgan fingerprint density at radius 1 is 1.16 bits per heavy atom. The number of benzene rings is 1. The van der Waals surface area contributed by atoms with Gasteiger partial charge in [0.05, 0.1) is 13.7 Å². The molecule has 6 heteroatoms. The fraction of sp³-hybridized carbons (Fsp3) is 0.231. The minimum Gasteiger partial charge on any atom is -0.479 e. The van der Waals surface area contributed by atoms with Gasteiger partial charge in [0, 0.05) is 7.11 Å².